The Morgan fingerprint density at radius 2 is 1.80 bits per heavy atom. The molecule has 1 heterocycles. The summed E-state index contributed by atoms with van der Waals surface area (Å²) in [7, 11) is 0. The summed E-state index contributed by atoms with van der Waals surface area (Å²) < 4.78 is 5.50. The first-order chi connectivity index (χ1) is 9.52. The minimum Gasteiger partial charge on any atom is -0.492 e. The Morgan fingerprint density at radius 1 is 1.15 bits per heavy atom. The van der Waals surface area contributed by atoms with Crippen molar-refractivity contribution in [1.82, 2.24) is 9.97 Å². The van der Waals surface area contributed by atoms with Crippen LogP contribution < -0.4 is 10.5 Å². The molecule has 0 bridgehead atoms. The maximum atomic E-state index is 6.12. The van der Waals surface area contributed by atoms with Gasteiger partial charge in [0.25, 0.3) is 0 Å². The van der Waals surface area contributed by atoms with E-state index in [0.29, 0.717) is 23.2 Å². The minimum atomic E-state index is 0.595. The van der Waals surface area contributed by atoms with Crippen LogP contribution in [0.25, 0.3) is 0 Å². The van der Waals surface area contributed by atoms with Crippen LogP contribution in [-0.4, -0.2) is 16.6 Å². The minimum absolute atomic E-state index is 0.595. The largest absolute Gasteiger partial charge is 0.492 e. The molecule has 0 aliphatic rings. The van der Waals surface area contributed by atoms with Crippen LogP contribution in [-0.2, 0) is 0 Å². The maximum Gasteiger partial charge on any atom is 0.192 e. The topological polar surface area (TPSA) is 61.0 Å². The van der Waals surface area contributed by atoms with Crippen LogP contribution in [0.1, 0.15) is 23.9 Å². The van der Waals surface area contributed by atoms with E-state index in [0.717, 1.165) is 21.8 Å². The van der Waals surface area contributed by atoms with Crippen molar-refractivity contribution in [2.24, 2.45) is 0 Å². The normalized spacial score (nSPS) is 10.6. The fourth-order valence-corrected chi connectivity index (χ4v) is 2.70. The van der Waals surface area contributed by atoms with Gasteiger partial charge in [0.1, 0.15) is 5.75 Å². The Hall–Kier alpha value is -1.75. The van der Waals surface area contributed by atoms with Gasteiger partial charge >= 0.3 is 0 Å². The van der Waals surface area contributed by atoms with Crippen molar-refractivity contribution in [2.45, 2.75) is 37.7 Å². The summed E-state index contributed by atoms with van der Waals surface area (Å²) in [5.41, 5.74) is 9.89. The van der Waals surface area contributed by atoms with Gasteiger partial charge in [-0.05, 0) is 57.2 Å². The van der Waals surface area contributed by atoms with Crippen LogP contribution in [0.4, 0.5) is 5.69 Å². The monoisotopic (exact) mass is 289 g/mol. The van der Waals surface area contributed by atoms with Crippen molar-refractivity contribution in [1.29, 1.82) is 0 Å². The van der Waals surface area contributed by atoms with E-state index in [4.69, 9.17) is 10.5 Å². The highest BCUT2D eigenvalue weighted by Gasteiger charge is 2.11. The molecule has 1 aromatic heterocycles. The number of rotatable bonds is 4. The number of hydrogen-bond acceptors (Lipinski definition) is 5. The summed E-state index contributed by atoms with van der Waals surface area (Å²) in [5.74, 6) is 0.707. The van der Waals surface area contributed by atoms with Crippen molar-refractivity contribution >= 4 is 17.4 Å². The van der Waals surface area contributed by atoms with E-state index in [2.05, 4.69) is 9.97 Å². The van der Waals surface area contributed by atoms with E-state index in [1.807, 2.05) is 45.9 Å². The molecule has 4 nitrogen and oxygen atoms in total. The Morgan fingerprint density at radius 3 is 2.40 bits per heavy atom. The fraction of sp³-hybridized carbons (Fsp3) is 0.333. The highest BCUT2D eigenvalue weighted by Crippen LogP contribution is 2.35. The Kier molecular flexibility index (Phi) is 4.49. The molecule has 2 N–H and O–H groups in total. The van der Waals surface area contributed by atoms with E-state index in [1.54, 1.807) is 0 Å². The molecule has 0 unspecified atom stereocenters. The van der Waals surface area contributed by atoms with Crippen molar-refractivity contribution in [3.8, 4) is 5.75 Å². The van der Waals surface area contributed by atoms with E-state index in [1.165, 1.54) is 11.8 Å². The predicted molar refractivity (Wildman–Crippen MR) is 82.4 cm³/mol. The molecule has 2 aromatic rings. The number of nitrogens with two attached hydrogens (primary N) is 1. The first-order valence-corrected chi connectivity index (χ1v) is 7.35. The number of hydrogen-bond donors (Lipinski definition) is 1. The number of nitrogens with zero attached hydrogens (tertiary/aromatic N) is 2. The summed E-state index contributed by atoms with van der Waals surface area (Å²) >= 11 is 1.46. The number of nitrogen functional groups attached to an aromatic ring is 1. The average Bonchev–Trinajstić information content (AvgIpc) is 2.41. The standard InChI is InChI=1S/C15H19N3OS/c1-5-19-12-7-6-8-13(14(12)16)20-15-17-10(3)9(2)11(4)18-15/h6-8H,5,16H2,1-4H3. The van der Waals surface area contributed by atoms with Gasteiger partial charge in [-0.1, -0.05) is 6.07 Å². The number of para-hydroxylation sites is 1. The van der Waals surface area contributed by atoms with Crippen LogP contribution in [0.15, 0.2) is 28.3 Å². The second kappa shape index (κ2) is 6.13. The van der Waals surface area contributed by atoms with Gasteiger partial charge in [0.05, 0.1) is 12.3 Å². The molecule has 1 aromatic carbocycles. The molecule has 5 heteroatoms. The third-order valence-corrected chi connectivity index (χ3v) is 4.08. The molecule has 106 valence electrons. The van der Waals surface area contributed by atoms with Gasteiger partial charge in [-0.25, -0.2) is 9.97 Å². The van der Waals surface area contributed by atoms with Crippen LogP contribution in [0, 0.1) is 20.8 Å². The summed E-state index contributed by atoms with van der Waals surface area (Å²) in [6.07, 6.45) is 0. The van der Waals surface area contributed by atoms with Gasteiger partial charge in [-0.15, -0.1) is 0 Å². The number of benzene rings is 1. The molecule has 2 rings (SSSR count). The quantitative estimate of drug-likeness (QED) is 0.689. The summed E-state index contributed by atoms with van der Waals surface area (Å²) in [6, 6.07) is 5.75. The lowest BCUT2D eigenvalue weighted by atomic mass is 10.2. The zero-order valence-corrected chi connectivity index (χ0v) is 13.0. The van der Waals surface area contributed by atoms with E-state index in [9.17, 15) is 0 Å². The van der Waals surface area contributed by atoms with Gasteiger partial charge in [0, 0.05) is 16.3 Å². The highest BCUT2D eigenvalue weighted by molar-refractivity contribution is 7.99. The number of ether oxygens (including phenoxy) is 1. The molecule has 0 spiro atoms. The second-order valence-corrected chi connectivity index (χ2v) is 5.51. The van der Waals surface area contributed by atoms with Gasteiger partial charge in [0.2, 0.25) is 0 Å². The fourth-order valence-electron chi connectivity index (χ4n) is 1.78. The number of aromatic nitrogens is 2. The van der Waals surface area contributed by atoms with Crippen molar-refractivity contribution in [2.75, 3.05) is 12.3 Å². The van der Waals surface area contributed by atoms with Gasteiger partial charge in [-0.3, -0.25) is 0 Å². The van der Waals surface area contributed by atoms with Crippen molar-refractivity contribution in [3.05, 3.63) is 35.2 Å². The molecule has 0 aliphatic carbocycles. The first-order valence-electron chi connectivity index (χ1n) is 6.54. The molecule has 0 aliphatic heterocycles. The van der Waals surface area contributed by atoms with Gasteiger partial charge in [-0.2, -0.15) is 0 Å². The molecule has 0 amide bonds. The highest BCUT2D eigenvalue weighted by atomic mass is 32.2. The lowest BCUT2D eigenvalue weighted by Crippen LogP contribution is -2.00. The van der Waals surface area contributed by atoms with E-state index >= 15 is 0 Å². The molecule has 0 saturated heterocycles. The Balaban J connectivity index is 2.33. The zero-order valence-electron chi connectivity index (χ0n) is 12.2. The lowest BCUT2D eigenvalue weighted by molar-refractivity contribution is 0.341. The average molecular weight is 289 g/mol. The molecular weight excluding hydrogens is 270 g/mol. The van der Waals surface area contributed by atoms with Crippen molar-refractivity contribution < 1.29 is 4.74 Å². The lowest BCUT2D eigenvalue weighted by Gasteiger charge is -2.11. The molecule has 0 fully saturated rings. The molecule has 0 saturated carbocycles. The molecule has 0 atom stereocenters. The summed E-state index contributed by atoms with van der Waals surface area (Å²) in [5, 5.41) is 0.714. The first kappa shape index (κ1) is 14.7. The smallest absolute Gasteiger partial charge is 0.192 e. The third kappa shape index (κ3) is 3.04. The van der Waals surface area contributed by atoms with Crippen LogP contribution in [0.2, 0.25) is 0 Å². The van der Waals surface area contributed by atoms with Crippen molar-refractivity contribution in [3.63, 3.8) is 0 Å². The molecule has 20 heavy (non-hydrogen) atoms. The zero-order chi connectivity index (χ0) is 14.7. The van der Waals surface area contributed by atoms with Crippen LogP contribution in [0.5, 0.6) is 5.75 Å². The van der Waals surface area contributed by atoms with Gasteiger partial charge < -0.3 is 10.5 Å². The molecule has 0 radical (unpaired) electrons. The Bertz CT molecular complexity index is 606. The van der Waals surface area contributed by atoms with Gasteiger partial charge in [0.15, 0.2) is 5.16 Å². The Labute approximate surface area is 123 Å². The summed E-state index contributed by atoms with van der Waals surface area (Å²) in [4.78, 5) is 9.92. The van der Waals surface area contributed by atoms with Crippen LogP contribution in [0.3, 0.4) is 0 Å². The predicted octanol–water partition coefficient (Wildman–Crippen LogP) is 3.53. The second-order valence-electron chi connectivity index (χ2n) is 4.51. The third-order valence-electron chi connectivity index (χ3n) is 3.14. The van der Waals surface area contributed by atoms with E-state index < -0.39 is 0 Å². The number of aryl methyl sites for hydroxylation is 2. The molecular formula is C15H19N3OS. The van der Waals surface area contributed by atoms with Crippen LogP contribution >= 0.6 is 11.8 Å². The SMILES string of the molecule is CCOc1cccc(Sc2nc(C)c(C)c(C)n2)c1N. The number of anilines is 1. The van der Waals surface area contributed by atoms with E-state index in [-0.39, 0.29) is 0 Å². The maximum absolute atomic E-state index is 6.12. The summed E-state index contributed by atoms with van der Waals surface area (Å²) in [6.45, 7) is 8.55.